The lowest BCUT2D eigenvalue weighted by atomic mass is 10.1. The van der Waals surface area contributed by atoms with Gasteiger partial charge in [0, 0.05) is 37.6 Å². The van der Waals surface area contributed by atoms with Crippen LogP contribution in [0.3, 0.4) is 0 Å². The third-order valence-electron chi connectivity index (χ3n) is 3.66. The van der Waals surface area contributed by atoms with Crippen LogP contribution in [0.1, 0.15) is 12.6 Å². The number of nitrogens with zero attached hydrogens (tertiary/aromatic N) is 2. The number of para-hydroxylation sites is 1. The van der Waals surface area contributed by atoms with Crippen molar-refractivity contribution in [2.75, 3.05) is 19.6 Å². The van der Waals surface area contributed by atoms with Gasteiger partial charge >= 0.3 is 0 Å². The fourth-order valence-corrected chi connectivity index (χ4v) is 2.52. The Morgan fingerprint density at radius 2 is 2.17 bits per heavy atom. The first kappa shape index (κ1) is 11.6. The summed E-state index contributed by atoms with van der Waals surface area (Å²) in [7, 11) is 0. The fraction of sp³-hybridized carbons (Fsp3) is 0.400. The molecule has 94 valence electrons. The van der Waals surface area contributed by atoms with E-state index in [0.717, 1.165) is 31.7 Å². The molecule has 0 aliphatic carbocycles. The van der Waals surface area contributed by atoms with Crippen LogP contribution in [0.15, 0.2) is 36.4 Å². The second-order valence-electron chi connectivity index (χ2n) is 5.02. The van der Waals surface area contributed by atoms with Crippen molar-refractivity contribution in [3.63, 3.8) is 0 Å². The summed E-state index contributed by atoms with van der Waals surface area (Å²) in [4.78, 5) is 7.24. The maximum absolute atomic E-state index is 4.74. The number of nitrogens with one attached hydrogen (secondary N) is 1. The summed E-state index contributed by atoms with van der Waals surface area (Å²) < 4.78 is 0. The molecule has 0 unspecified atom stereocenters. The number of pyridine rings is 1. The quantitative estimate of drug-likeness (QED) is 0.872. The largest absolute Gasteiger partial charge is 0.314 e. The Morgan fingerprint density at radius 1 is 1.28 bits per heavy atom. The maximum Gasteiger partial charge on any atom is 0.0705 e. The van der Waals surface area contributed by atoms with Crippen LogP contribution in [-0.4, -0.2) is 35.6 Å². The Kier molecular flexibility index (Phi) is 3.26. The molecule has 1 aromatic heterocycles. The van der Waals surface area contributed by atoms with Gasteiger partial charge in [0.1, 0.15) is 0 Å². The van der Waals surface area contributed by atoms with Gasteiger partial charge in [0.25, 0.3) is 0 Å². The van der Waals surface area contributed by atoms with E-state index in [0.29, 0.717) is 6.04 Å². The molecular formula is C15H19N3. The van der Waals surface area contributed by atoms with E-state index >= 15 is 0 Å². The van der Waals surface area contributed by atoms with Crippen LogP contribution in [0.4, 0.5) is 0 Å². The lowest BCUT2D eigenvalue weighted by molar-refractivity contribution is 0.164. The summed E-state index contributed by atoms with van der Waals surface area (Å²) in [5.74, 6) is 0. The number of piperazine rings is 1. The molecule has 1 fully saturated rings. The predicted molar refractivity (Wildman–Crippen MR) is 74.5 cm³/mol. The van der Waals surface area contributed by atoms with Crippen molar-refractivity contribution in [1.29, 1.82) is 0 Å². The summed E-state index contributed by atoms with van der Waals surface area (Å²) in [5.41, 5.74) is 2.26. The number of aromatic nitrogens is 1. The van der Waals surface area contributed by atoms with Crippen molar-refractivity contribution in [2.24, 2.45) is 0 Å². The average molecular weight is 241 g/mol. The molecule has 0 radical (unpaired) electrons. The SMILES string of the molecule is C[C@H]1CNCCN1Cc1ccc2ccccc2n1. The second-order valence-corrected chi connectivity index (χ2v) is 5.02. The van der Waals surface area contributed by atoms with Gasteiger partial charge in [0.15, 0.2) is 0 Å². The van der Waals surface area contributed by atoms with Crippen LogP contribution in [0.25, 0.3) is 10.9 Å². The Labute approximate surface area is 108 Å². The molecule has 1 saturated heterocycles. The Morgan fingerprint density at radius 3 is 3.06 bits per heavy atom. The summed E-state index contributed by atoms with van der Waals surface area (Å²) in [6, 6.07) is 13.2. The van der Waals surface area contributed by atoms with Crippen LogP contribution in [-0.2, 0) is 6.54 Å². The number of fused-ring (bicyclic) bond motifs is 1. The van der Waals surface area contributed by atoms with Crippen LogP contribution >= 0.6 is 0 Å². The first-order valence-electron chi connectivity index (χ1n) is 6.62. The third-order valence-corrected chi connectivity index (χ3v) is 3.66. The summed E-state index contributed by atoms with van der Waals surface area (Å²) in [6.45, 7) is 6.49. The minimum atomic E-state index is 0.590. The number of rotatable bonds is 2. The zero-order valence-corrected chi connectivity index (χ0v) is 10.8. The Balaban J connectivity index is 1.81. The second kappa shape index (κ2) is 5.04. The third kappa shape index (κ3) is 2.37. The van der Waals surface area contributed by atoms with Crippen molar-refractivity contribution in [3.8, 4) is 0 Å². The van der Waals surface area contributed by atoms with E-state index in [4.69, 9.17) is 4.98 Å². The molecular weight excluding hydrogens is 222 g/mol. The molecule has 3 rings (SSSR count). The molecule has 3 nitrogen and oxygen atoms in total. The van der Waals surface area contributed by atoms with Gasteiger partial charge in [-0.2, -0.15) is 0 Å². The smallest absolute Gasteiger partial charge is 0.0705 e. The molecule has 1 atom stereocenters. The molecule has 1 aliphatic rings. The van der Waals surface area contributed by atoms with Crippen molar-refractivity contribution in [3.05, 3.63) is 42.1 Å². The lowest BCUT2D eigenvalue weighted by Crippen LogP contribution is -2.49. The highest BCUT2D eigenvalue weighted by Gasteiger charge is 2.18. The van der Waals surface area contributed by atoms with Crippen LogP contribution in [0, 0.1) is 0 Å². The van der Waals surface area contributed by atoms with Crippen LogP contribution < -0.4 is 5.32 Å². The average Bonchev–Trinajstić information content (AvgIpc) is 2.41. The highest BCUT2D eigenvalue weighted by molar-refractivity contribution is 5.78. The number of hydrogen-bond donors (Lipinski definition) is 1. The predicted octanol–water partition coefficient (Wildman–Crippen LogP) is 2.03. The zero-order chi connectivity index (χ0) is 12.4. The molecule has 1 N–H and O–H groups in total. The van der Waals surface area contributed by atoms with E-state index < -0.39 is 0 Å². The molecule has 18 heavy (non-hydrogen) atoms. The molecule has 1 aliphatic heterocycles. The van der Waals surface area contributed by atoms with Gasteiger partial charge < -0.3 is 5.32 Å². The van der Waals surface area contributed by atoms with Crippen molar-refractivity contribution in [2.45, 2.75) is 19.5 Å². The van der Waals surface area contributed by atoms with Crippen LogP contribution in [0.5, 0.6) is 0 Å². The van der Waals surface area contributed by atoms with Gasteiger partial charge in [-0.1, -0.05) is 24.3 Å². The Bertz CT molecular complexity index is 538. The van der Waals surface area contributed by atoms with Gasteiger partial charge in [-0.05, 0) is 19.1 Å². The topological polar surface area (TPSA) is 28.2 Å². The maximum atomic E-state index is 4.74. The van der Waals surface area contributed by atoms with Crippen molar-refractivity contribution >= 4 is 10.9 Å². The molecule has 0 saturated carbocycles. The number of hydrogen-bond acceptors (Lipinski definition) is 3. The van der Waals surface area contributed by atoms with Crippen molar-refractivity contribution in [1.82, 2.24) is 15.2 Å². The van der Waals surface area contributed by atoms with Gasteiger partial charge in [0.2, 0.25) is 0 Å². The van der Waals surface area contributed by atoms with Gasteiger partial charge in [-0.25, -0.2) is 0 Å². The molecule has 0 bridgehead atoms. The van der Waals surface area contributed by atoms with Crippen molar-refractivity contribution < 1.29 is 0 Å². The summed E-state index contributed by atoms with van der Waals surface area (Å²) in [5, 5.41) is 4.64. The van der Waals surface area contributed by atoms with E-state index in [-0.39, 0.29) is 0 Å². The summed E-state index contributed by atoms with van der Waals surface area (Å²) >= 11 is 0. The standard InChI is InChI=1S/C15H19N3/c1-12-10-16-8-9-18(12)11-14-7-6-13-4-2-3-5-15(13)17-14/h2-7,12,16H,8-11H2,1H3/t12-/m0/s1. The monoisotopic (exact) mass is 241 g/mol. The van der Waals surface area contributed by atoms with E-state index in [1.165, 1.54) is 11.1 Å². The molecule has 0 amide bonds. The van der Waals surface area contributed by atoms with E-state index in [2.05, 4.69) is 47.5 Å². The first-order chi connectivity index (χ1) is 8.83. The minimum absolute atomic E-state index is 0.590. The van der Waals surface area contributed by atoms with Gasteiger partial charge in [-0.3, -0.25) is 9.88 Å². The highest BCUT2D eigenvalue weighted by atomic mass is 15.2. The molecule has 1 aromatic carbocycles. The highest BCUT2D eigenvalue weighted by Crippen LogP contribution is 2.14. The van der Waals surface area contributed by atoms with Crippen LogP contribution in [0.2, 0.25) is 0 Å². The van der Waals surface area contributed by atoms with E-state index in [9.17, 15) is 0 Å². The normalized spacial score (nSPS) is 21.3. The van der Waals surface area contributed by atoms with E-state index in [1.54, 1.807) is 0 Å². The molecule has 0 spiro atoms. The fourth-order valence-electron chi connectivity index (χ4n) is 2.52. The number of benzene rings is 1. The van der Waals surface area contributed by atoms with Gasteiger partial charge in [-0.15, -0.1) is 0 Å². The molecule has 2 heterocycles. The molecule has 2 aromatic rings. The van der Waals surface area contributed by atoms with E-state index in [1.807, 2.05) is 6.07 Å². The summed E-state index contributed by atoms with van der Waals surface area (Å²) in [6.07, 6.45) is 0. The minimum Gasteiger partial charge on any atom is -0.314 e. The molecule has 3 heteroatoms. The Hall–Kier alpha value is -1.45. The first-order valence-corrected chi connectivity index (χ1v) is 6.62. The van der Waals surface area contributed by atoms with Gasteiger partial charge in [0.05, 0.1) is 11.2 Å². The lowest BCUT2D eigenvalue weighted by Gasteiger charge is -2.33. The zero-order valence-electron chi connectivity index (χ0n) is 10.8.